The van der Waals surface area contributed by atoms with Crippen molar-refractivity contribution in [3.63, 3.8) is 0 Å². The van der Waals surface area contributed by atoms with Crippen LogP contribution in [0.3, 0.4) is 0 Å². The maximum Gasteiger partial charge on any atom is 0.134 e. The summed E-state index contributed by atoms with van der Waals surface area (Å²) in [6.07, 6.45) is 9.55. The molecule has 0 amide bonds. The predicted molar refractivity (Wildman–Crippen MR) is 129 cm³/mol. The minimum Gasteiger partial charge on any atom is -0.488 e. The Labute approximate surface area is 189 Å². The summed E-state index contributed by atoms with van der Waals surface area (Å²) in [4.78, 5) is 5.08. The molecular weight excluding hydrogens is 402 g/mol. The number of hydrogen-bond acceptors (Lipinski definition) is 4. The minimum atomic E-state index is -0.181. The first-order valence-corrected chi connectivity index (χ1v) is 12.2. The number of nitrogens with zero attached hydrogens (tertiary/aromatic N) is 1. The molecular formula is C27H31NO2S. The van der Waals surface area contributed by atoms with E-state index in [0.717, 1.165) is 24.3 Å². The highest BCUT2D eigenvalue weighted by Gasteiger charge is 2.27. The fourth-order valence-corrected chi connectivity index (χ4v) is 5.56. The molecule has 0 bridgehead atoms. The summed E-state index contributed by atoms with van der Waals surface area (Å²) >= 11 is 1.78. The lowest BCUT2D eigenvalue weighted by atomic mass is 9.89. The van der Waals surface area contributed by atoms with E-state index in [-0.39, 0.29) is 5.60 Å². The molecule has 3 nitrogen and oxygen atoms in total. The molecule has 31 heavy (non-hydrogen) atoms. The summed E-state index contributed by atoms with van der Waals surface area (Å²) in [6, 6.07) is 15.6. The van der Waals surface area contributed by atoms with Crippen molar-refractivity contribution in [2.75, 3.05) is 13.1 Å². The Bertz CT molecular complexity index is 1090. The zero-order valence-electron chi connectivity index (χ0n) is 18.7. The normalized spacial score (nSPS) is 19.8. The first-order valence-electron chi connectivity index (χ1n) is 11.4. The molecule has 0 spiro atoms. The number of rotatable bonds is 4. The van der Waals surface area contributed by atoms with Crippen molar-refractivity contribution >= 4 is 28.3 Å². The monoisotopic (exact) mass is 433 g/mol. The van der Waals surface area contributed by atoms with Gasteiger partial charge in [0.25, 0.3) is 0 Å². The first kappa shape index (κ1) is 20.7. The van der Waals surface area contributed by atoms with Gasteiger partial charge in [-0.1, -0.05) is 24.3 Å². The summed E-state index contributed by atoms with van der Waals surface area (Å²) in [5.74, 6) is 0.908. The van der Waals surface area contributed by atoms with Crippen LogP contribution in [0.25, 0.3) is 16.5 Å². The maximum atomic E-state index is 5.94. The lowest BCUT2D eigenvalue weighted by Gasteiger charge is -2.38. The van der Waals surface area contributed by atoms with Gasteiger partial charge in [0.15, 0.2) is 0 Å². The summed E-state index contributed by atoms with van der Waals surface area (Å²) in [5.41, 5.74) is 3.52. The van der Waals surface area contributed by atoms with Crippen molar-refractivity contribution in [3.05, 3.63) is 60.4 Å². The van der Waals surface area contributed by atoms with E-state index in [2.05, 4.69) is 74.2 Å². The molecule has 0 saturated carbocycles. The Morgan fingerprint density at radius 1 is 1.03 bits per heavy atom. The highest BCUT2D eigenvalue weighted by atomic mass is 32.2. The standard InChI is InChI=1S/C27H31NO2S/c1-27(2,3)30-21-7-9-22(10-8-21)31-23-11-12-26-24(17-23)25(18-29-26)19-13-15-28-14-5-4-6-20(28)16-19/h7-13,17-18,20H,4-6,14-16H2,1-3H3. The molecule has 0 radical (unpaired) electrons. The molecule has 2 aliphatic heterocycles. The average molecular weight is 434 g/mol. The van der Waals surface area contributed by atoms with Crippen LogP contribution in [0.2, 0.25) is 0 Å². The van der Waals surface area contributed by atoms with Crippen LogP contribution in [-0.4, -0.2) is 29.6 Å². The summed E-state index contributed by atoms with van der Waals surface area (Å²) < 4.78 is 11.9. The first-order chi connectivity index (χ1) is 14.9. The average Bonchev–Trinajstić information content (AvgIpc) is 3.17. The van der Waals surface area contributed by atoms with Gasteiger partial charge in [-0.2, -0.15) is 0 Å². The van der Waals surface area contributed by atoms with Crippen molar-refractivity contribution in [2.45, 2.75) is 67.9 Å². The molecule has 3 heterocycles. The molecule has 1 unspecified atom stereocenters. The Hall–Kier alpha value is -2.17. The van der Waals surface area contributed by atoms with Crippen LogP contribution in [0, 0.1) is 0 Å². The van der Waals surface area contributed by atoms with Gasteiger partial charge in [0.2, 0.25) is 0 Å². The largest absolute Gasteiger partial charge is 0.488 e. The van der Waals surface area contributed by atoms with E-state index in [9.17, 15) is 0 Å². The van der Waals surface area contributed by atoms with E-state index < -0.39 is 0 Å². The third kappa shape index (κ3) is 4.70. The van der Waals surface area contributed by atoms with Gasteiger partial charge in [-0.3, -0.25) is 4.90 Å². The molecule has 0 N–H and O–H groups in total. The van der Waals surface area contributed by atoms with Gasteiger partial charge in [-0.15, -0.1) is 0 Å². The fourth-order valence-electron chi connectivity index (χ4n) is 4.70. The number of ether oxygens (including phenoxy) is 1. The van der Waals surface area contributed by atoms with E-state index >= 15 is 0 Å². The van der Waals surface area contributed by atoms with E-state index in [1.54, 1.807) is 11.8 Å². The predicted octanol–water partition coefficient (Wildman–Crippen LogP) is 7.40. The SMILES string of the molecule is CC(C)(C)Oc1ccc(Sc2ccc3occ(C4=CCN5CCCCC5C4)c3c2)cc1. The van der Waals surface area contributed by atoms with Crippen molar-refractivity contribution in [1.82, 2.24) is 4.90 Å². The Kier molecular flexibility index (Phi) is 5.61. The van der Waals surface area contributed by atoms with Gasteiger partial charge >= 0.3 is 0 Å². The van der Waals surface area contributed by atoms with Crippen molar-refractivity contribution in [3.8, 4) is 5.75 Å². The van der Waals surface area contributed by atoms with Crippen molar-refractivity contribution in [1.29, 1.82) is 0 Å². The molecule has 3 aromatic rings. The van der Waals surface area contributed by atoms with Crippen LogP contribution in [-0.2, 0) is 0 Å². The highest BCUT2D eigenvalue weighted by molar-refractivity contribution is 7.99. The lowest BCUT2D eigenvalue weighted by molar-refractivity contribution is 0.131. The molecule has 4 heteroatoms. The number of furan rings is 1. The van der Waals surface area contributed by atoms with Gasteiger partial charge in [0.05, 0.1) is 6.26 Å². The van der Waals surface area contributed by atoms with Crippen LogP contribution in [0.1, 0.15) is 52.0 Å². The molecule has 1 aromatic heterocycles. The van der Waals surface area contributed by atoms with Gasteiger partial charge < -0.3 is 9.15 Å². The molecule has 1 atom stereocenters. The number of benzene rings is 2. The molecule has 5 rings (SSSR count). The van der Waals surface area contributed by atoms with E-state index in [0.29, 0.717) is 6.04 Å². The second-order valence-corrected chi connectivity index (χ2v) is 10.8. The molecule has 1 saturated heterocycles. The van der Waals surface area contributed by atoms with Crippen molar-refractivity contribution < 1.29 is 9.15 Å². The molecule has 162 valence electrons. The summed E-state index contributed by atoms with van der Waals surface area (Å²) in [5, 5.41) is 1.23. The maximum absolute atomic E-state index is 5.94. The quantitative estimate of drug-likeness (QED) is 0.428. The third-order valence-electron chi connectivity index (χ3n) is 6.15. The van der Waals surface area contributed by atoms with Gasteiger partial charge in [-0.05, 0) is 94.6 Å². The topological polar surface area (TPSA) is 25.6 Å². The van der Waals surface area contributed by atoms with Crippen LogP contribution < -0.4 is 4.74 Å². The summed E-state index contributed by atoms with van der Waals surface area (Å²) in [6.45, 7) is 8.54. The van der Waals surface area contributed by atoms with Crippen LogP contribution in [0.15, 0.2) is 69.0 Å². The smallest absolute Gasteiger partial charge is 0.134 e. The van der Waals surface area contributed by atoms with Gasteiger partial charge in [-0.25, -0.2) is 0 Å². The minimum absolute atomic E-state index is 0.181. The van der Waals surface area contributed by atoms with Gasteiger partial charge in [0.1, 0.15) is 16.9 Å². The van der Waals surface area contributed by atoms with E-state index in [4.69, 9.17) is 9.15 Å². The third-order valence-corrected chi connectivity index (χ3v) is 7.15. The van der Waals surface area contributed by atoms with Gasteiger partial charge in [0, 0.05) is 33.3 Å². The molecule has 1 fully saturated rings. The Morgan fingerprint density at radius 3 is 2.65 bits per heavy atom. The number of fused-ring (bicyclic) bond motifs is 2. The second kappa shape index (κ2) is 8.40. The van der Waals surface area contributed by atoms with Crippen molar-refractivity contribution in [2.24, 2.45) is 0 Å². The van der Waals surface area contributed by atoms with Crippen LogP contribution in [0.4, 0.5) is 0 Å². The van der Waals surface area contributed by atoms with E-state index in [1.165, 1.54) is 52.1 Å². The molecule has 2 aliphatic rings. The molecule has 2 aromatic carbocycles. The second-order valence-electron chi connectivity index (χ2n) is 9.67. The summed E-state index contributed by atoms with van der Waals surface area (Å²) in [7, 11) is 0. The van der Waals surface area contributed by atoms with Crippen LogP contribution in [0.5, 0.6) is 5.75 Å². The Balaban J connectivity index is 1.36. The zero-order chi connectivity index (χ0) is 21.4. The zero-order valence-corrected chi connectivity index (χ0v) is 19.5. The van der Waals surface area contributed by atoms with Crippen LogP contribution >= 0.6 is 11.8 Å². The Morgan fingerprint density at radius 2 is 1.84 bits per heavy atom. The highest BCUT2D eigenvalue weighted by Crippen LogP contribution is 2.38. The lowest BCUT2D eigenvalue weighted by Crippen LogP contribution is -2.41. The number of piperidine rings is 1. The number of hydrogen-bond donors (Lipinski definition) is 0. The van der Waals surface area contributed by atoms with E-state index in [1.807, 2.05) is 6.26 Å². The fraction of sp³-hybridized carbons (Fsp3) is 0.407. The molecule has 0 aliphatic carbocycles.